The summed E-state index contributed by atoms with van der Waals surface area (Å²) in [6.07, 6.45) is 5.16. The summed E-state index contributed by atoms with van der Waals surface area (Å²) in [5.74, 6) is 0.386. The number of aromatic nitrogens is 3. The van der Waals surface area contributed by atoms with Crippen LogP contribution in [0.5, 0.6) is 0 Å². The number of sulfone groups is 1. The Morgan fingerprint density at radius 3 is 2.59 bits per heavy atom. The summed E-state index contributed by atoms with van der Waals surface area (Å²) in [5.41, 5.74) is 0.426. The van der Waals surface area contributed by atoms with Gasteiger partial charge in [-0.05, 0) is 18.1 Å². The van der Waals surface area contributed by atoms with Crippen molar-refractivity contribution in [2.45, 2.75) is 13.0 Å². The number of aryl methyl sites for hydroxylation is 1. The van der Waals surface area contributed by atoms with Crippen molar-refractivity contribution in [3.63, 3.8) is 0 Å². The van der Waals surface area contributed by atoms with Crippen LogP contribution in [-0.4, -0.2) is 46.2 Å². The van der Waals surface area contributed by atoms with Crippen molar-refractivity contribution < 1.29 is 13.2 Å². The highest BCUT2D eigenvalue weighted by Crippen LogP contribution is 2.20. The number of amides is 1. The van der Waals surface area contributed by atoms with Crippen LogP contribution in [0.3, 0.4) is 0 Å². The van der Waals surface area contributed by atoms with Gasteiger partial charge in [-0.15, -0.1) is 0 Å². The zero-order valence-electron chi connectivity index (χ0n) is 12.4. The molecule has 0 spiro atoms. The fraction of sp³-hybridized carbons (Fsp3) is 0.429. The van der Waals surface area contributed by atoms with E-state index in [1.807, 2.05) is 31.5 Å². The average Bonchev–Trinajstić information content (AvgIpc) is 3.09. The molecule has 7 nitrogen and oxygen atoms in total. The van der Waals surface area contributed by atoms with Gasteiger partial charge >= 0.3 is 0 Å². The molecular weight excluding hydrogens is 304 g/mol. The molecule has 118 valence electrons. The monoisotopic (exact) mass is 322 g/mol. The number of hydrogen-bond donors (Lipinski definition) is 1. The quantitative estimate of drug-likeness (QED) is 0.885. The largest absolute Gasteiger partial charge is 0.348 e. The minimum atomic E-state index is -3.06. The van der Waals surface area contributed by atoms with Gasteiger partial charge in [0.1, 0.15) is 11.4 Å². The van der Waals surface area contributed by atoms with Gasteiger partial charge in [0.05, 0.1) is 17.7 Å². The zero-order chi connectivity index (χ0) is 15.9. The first-order chi connectivity index (χ1) is 10.4. The van der Waals surface area contributed by atoms with Crippen LogP contribution >= 0.6 is 0 Å². The molecule has 0 aromatic carbocycles. The van der Waals surface area contributed by atoms with Crippen molar-refractivity contribution >= 4 is 15.7 Å². The lowest BCUT2D eigenvalue weighted by atomic mass is 10.1. The molecule has 1 amide bonds. The Hall–Kier alpha value is -2.09. The van der Waals surface area contributed by atoms with E-state index in [2.05, 4.69) is 10.4 Å². The summed E-state index contributed by atoms with van der Waals surface area (Å²) in [6, 6.07) is 3.37. The standard InChI is InChI=1S/C14H18N4O3S/c1-10-8-22(20,21)9-12(10)16-13(19)11-7-15-17(2)14(11)18-5-3-4-6-18/h3-7,10,12H,8-9H2,1-2H3,(H,16,19)/t10-,12+/m0/s1. The van der Waals surface area contributed by atoms with E-state index in [0.717, 1.165) is 0 Å². The molecule has 8 heteroatoms. The van der Waals surface area contributed by atoms with E-state index in [4.69, 9.17) is 0 Å². The first-order valence-corrected chi connectivity index (χ1v) is 8.86. The summed E-state index contributed by atoms with van der Waals surface area (Å²) >= 11 is 0. The number of carbonyl (C=O) groups excluding carboxylic acids is 1. The molecule has 1 fully saturated rings. The highest BCUT2D eigenvalue weighted by molar-refractivity contribution is 7.91. The van der Waals surface area contributed by atoms with Gasteiger partial charge in [0.2, 0.25) is 0 Å². The maximum Gasteiger partial charge on any atom is 0.256 e. The predicted octanol–water partition coefficient (Wildman–Crippen LogP) is 0.374. The van der Waals surface area contributed by atoms with Crippen molar-refractivity contribution in [1.29, 1.82) is 0 Å². The van der Waals surface area contributed by atoms with Gasteiger partial charge in [0, 0.05) is 25.5 Å². The number of nitrogens with one attached hydrogen (secondary N) is 1. The minimum Gasteiger partial charge on any atom is -0.348 e. The van der Waals surface area contributed by atoms with Crippen LogP contribution in [0.25, 0.3) is 5.82 Å². The highest BCUT2D eigenvalue weighted by atomic mass is 32.2. The van der Waals surface area contributed by atoms with Gasteiger partial charge < -0.3 is 9.88 Å². The molecule has 1 N–H and O–H groups in total. The van der Waals surface area contributed by atoms with Crippen LogP contribution in [0.1, 0.15) is 17.3 Å². The fourth-order valence-electron chi connectivity index (χ4n) is 2.83. The molecule has 3 rings (SSSR count). The van der Waals surface area contributed by atoms with E-state index in [-0.39, 0.29) is 29.4 Å². The molecule has 2 aromatic heterocycles. The molecule has 0 unspecified atom stereocenters. The van der Waals surface area contributed by atoms with Crippen molar-refractivity contribution in [2.75, 3.05) is 11.5 Å². The van der Waals surface area contributed by atoms with Crippen molar-refractivity contribution in [2.24, 2.45) is 13.0 Å². The SMILES string of the molecule is C[C@H]1CS(=O)(=O)C[C@H]1NC(=O)c1cnn(C)c1-n1cccc1. The van der Waals surface area contributed by atoms with E-state index < -0.39 is 9.84 Å². The van der Waals surface area contributed by atoms with Crippen molar-refractivity contribution in [1.82, 2.24) is 19.7 Å². The van der Waals surface area contributed by atoms with Crippen LogP contribution in [0, 0.1) is 5.92 Å². The molecule has 22 heavy (non-hydrogen) atoms. The van der Waals surface area contributed by atoms with Gasteiger partial charge in [-0.3, -0.25) is 9.48 Å². The Labute approximate surface area is 128 Å². The van der Waals surface area contributed by atoms with Gasteiger partial charge in [0.15, 0.2) is 9.84 Å². The Morgan fingerprint density at radius 2 is 2.00 bits per heavy atom. The van der Waals surface area contributed by atoms with E-state index in [9.17, 15) is 13.2 Å². The van der Waals surface area contributed by atoms with E-state index >= 15 is 0 Å². The van der Waals surface area contributed by atoms with Gasteiger partial charge in [0.25, 0.3) is 5.91 Å². The minimum absolute atomic E-state index is 0.000970. The van der Waals surface area contributed by atoms with Crippen LogP contribution < -0.4 is 5.32 Å². The van der Waals surface area contributed by atoms with E-state index in [1.165, 1.54) is 6.20 Å². The Bertz CT molecular complexity index is 792. The summed E-state index contributed by atoms with van der Waals surface area (Å²) < 4.78 is 26.7. The summed E-state index contributed by atoms with van der Waals surface area (Å²) in [4.78, 5) is 12.5. The zero-order valence-corrected chi connectivity index (χ0v) is 13.2. The molecule has 0 bridgehead atoms. The second kappa shape index (κ2) is 5.28. The summed E-state index contributed by atoms with van der Waals surface area (Å²) in [5, 5.41) is 6.96. The van der Waals surface area contributed by atoms with Gasteiger partial charge in [-0.1, -0.05) is 6.92 Å². The topological polar surface area (TPSA) is 86.0 Å². The molecule has 0 aliphatic carbocycles. The Kier molecular flexibility index (Phi) is 3.56. The van der Waals surface area contributed by atoms with Gasteiger partial charge in [-0.25, -0.2) is 8.42 Å². The molecule has 1 saturated heterocycles. The Morgan fingerprint density at radius 1 is 1.32 bits per heavy atom. The normalized spacial score (nSPS) is 23.5. The fourth-order valence-corrected chi connectivity index (χ4v) is 4.95. The smallest absolute Gasteiger partial charge is 0.256 e. The van der Waals surface area contributed by atoms with Gasteiger partial charge in [-0.2, -0.15) is 5.10 Å². The lowest BCUT2D eigenvalue weighted by Crippen LogP contribution is -2.39. The third kappa shape index (κ3) is 2.66. The van der Waals surface area contributed by atoms with Crippen LogP contribution in [0.2, 0.25) is 0 Å². The van der Waals surface area contributed by atoms with E-state index in [1.54, 1.807) is 16.3 Å². The molecule has 3 heterocycles. The highest BCUT2D eigenvalue weighted by Gasteiger charge is 2.36. The second-order valence-corrected chi connectivity index (χ2v) is 7.88. The summed E-state index contributed by atoms with van der Waals surface area (Å²) in [7, 11) is -1.30. The number of carbonyl (C=O) groups is 1. The molecule has 0 radical (unpaired) electrons. The lowest BCUT2D eigenvalue weighted by molar-refractivity contribution is 0.0933. The maximum atomic E-state index is 12.5. The van der Waals surface area contributed by atoms with Crippen LogP contribution in [0.4, 0.5) is 0 Å². The molecule has 2 aromatic rings. The predicted molar refractivity (Wildman–Crippen MR) is 81.6 cm³/mol. The first kappa shape index (κ1) is 14.8. The third-order valence-corrected chi connectivity index (χ3v) is 5.86. The Balaban J connectivity index is 1.85. The third-order valence-electron chi connectivity index (χ3n) is 3.95. The second-order valence-electron chi connectivity index (χ2n) is 5.73. The number of hydrogen-bond acceptors (Lipinski definition) is 4. The molecule has 2 atom stereocenters. The number of nitrogens with zero attached hydrogens (tertiary/aromatic N) is 3. The average molecular weight is 322 g/mol. The summed E-state index contributed by atoms with van der Waals surface area (Å²) in [6.45, 7) is 1.84. The first-order valence-electron chi connectivity index (χ1n) is 7.04. The van der Waals surface area contributed by atoms with Crippen LogP contribution in [-0.2, 0) is 16.9 Å². The van der Waals surface area contributed by atoms with Crippen molar-refractivity contribution in [3.8, 4) is 5.82 Å². The maximum absolute atomic E-state index is 12.5. The molecule has 0 saturated carbocycles. The molecule has 1 aliphatic rings. The lowest BCUT2D eigenvalue weighted by Gasteiger charge is -2.16. The van der Waals surface area contributed by atoms with Crippen LogP contribution in [0.15, 0.2) is 30.7 Å². The van der Waals surface area contributed by atoms with E-state index in [0.29, 0.717) is 11.4 Å². The molecular formula is C14H18N4O3S. The number of rotatable bonds is 3. The van der Waals surface area contributed by atoms with Crippen molar-refractivity contribution in [3.05, 3.63) is 36.3 Å². The molecule has 1 aliphatic heterocycles.